The number of rotatable bonds is 13. The van der Waals surface area contributed by atoms with Gasteiger partial charge < -0.3 is 19.4 Å². The first-order chi connectivity index (χ1) is 29.0. The Morgan fingerprint density at radius 3 is 2.53 bits per heavy atom. The van der Waals surface area contributed by atoms with E-state index in [0.717, 1.165) is 67.7 Å². The maximum Gasteiger partial charge on any atom is 0.273 e. The molecule has 60 heavy (non-hydrogen) atoms. The fourth-order valence-electron chi connectivity index (χ4n) is 9.05. The van der Waals surface area contributed by atoms with Crippen molar-refractivity contribution in [2.75, 3.05) is 50.8 Å². The first-order valence-electron chi connectivity index (χ1n) is 20.6. The second-order valence-corrected chi connectivity index (χ2v) is 18.8. The van der Waals surface area contributed by atoms with Crippen LogP contribution in [0.25, 0.3) is 16.6 Å². The number of hydrogen-bond acceptors (Lipinski definition) is 10. The molecule has 1 saturated carbocycles. The molecule has 9 rings (SSSR count). The lowest BCUT2D eigenvalue weighted by atomic mass is 9.59. The average molecular weight is 851 g/mol. The van der Waals surface area contributed by atoms with Crippen LogP contribution < -0.4 is 14.4 Å². The molecule has 2 aliphatic carbocycles. The van der Waals surface area contributed by atoms with Gasteiger partial charge in [0.1, 0.15) is 17.1 Å². The van der Waals surface area contributed by atoms with Gasteiger partial charge in [0, 0.05) is 78.6 Å². The number of nitrogens with one attached hydrogen (secondary N) is 2. The summed E-state index contributed by atoms with van der Waals surface area (Å²) in [5.74, 6) is -0.110. The SMILES string of the molecule is O=C(NS(=O)(=O)c1ccc(CCC2COC2)c([N+](=O)[O-])c1)c1ccc(N2CCN(CC3=C(c4ccc(Cl)cc4)CC4(CCC4)CC3)CC2)cc1Oc1cnc2[nH]ccc2c1. The van der Waals surface area contributed by atoms with Crippen molar-refractivity contribution in [3.8, 4) is 11.5 Å². The Morgan fingerprint density at radius 2 is 1.82 bits per heavy atom. The van der Waals surface area contributed by atoms with Crippen LogP contribution in [0, 0.1) is 21.4 Å². The van der Waals surface area contributed by atoms with Crippen molar-refractivity contribution in [1.29, 1.82) is 0 Å². The lowest BCUT2D eigenvalue weighted by molar-refractivity contribution is -0.385. The molecule has 2 aliphatic heterocycles. The van der Waals surface area contributed by atoms with Crippen molar-refractivity contribution in [2.45, 2.75) is 56.3 Å². The Hall–Kier alpha value is -5.28. The van der Waals surface area contributed by atoms with Gasteiger partial charge in [0.05, 0.1) is 34.8 Å². The highest BCUT2D eigenvalue weighted by molar-refractivity contribution is 7.90. The number of nitrogens with zero attached hydrogens (tertiary/aromatic N) is 4. The summed E-state index contributed by atoms with van der Waals surface area (Å²) in [4.78, 5) is 37.1. The molecule has 3 fully saturated rings. The number of sulfonamides is 1. The van der Waals surface area contributed by atoms with Crippen molar-refractivity contribution in [2.24, 2.45) is 11.3 Å². The van der Waals surface area contributed by atoms with Gasteiger partial charge in [0.15, 0.2) is 0 Å². The minimum Gasteiger partial charge on any atom is -0.455 e. The molecule has 1 amide bonds. The summed E-state index contributed by atoms with van der Waals surface area (Å²) in [6.45, 7) is 5.30. The molecule has 13 nitrogen and oxygen atoms in total. The van der Waals surface area contributed by atoms with Crippen molar-refractivity contribution in [3.63, 3.8) is 0 Å². The van der Waals surface area contributed by atoms with E-state index in [9.17, 15) is 23.3 Å². The second kappa shape index (κ2) is 16.6. The molecule has 312 valence electrons. The van der Waals surface area contributed by atoms with Gasteiger partial charge in [-0.2, -0.15) is 0 Å². The van der Waals surface area contributed by atoms with Crippen molar-refractivity contribution in [3.05, 3.63) is 123 Å². The summed E-state index contributed by atoms with van der Waals surface area (Å²) >= 11 is 6.27. The smallest absolute Gasteiger partial charge is 0.273 e. The zero-order valence-corrected chi connectivity index (χ0v) is 34.8. The van der Waals surface area contributed by atoms with Crippen molar-refractivity contribution in [1.82, 2.24) is 19.6 Å². The molecule has 0 atom stereocenters. The van der Waals surface area contributed by atoms with E-state index in [1.54, 1.807) is 30.5 Å². The number of piperazine rings is 1. The number of carbonyl (C=O) groups is 1. The number of fused-ring (bicyclic) bond motifs is 1. The average Bonchev–Trinajstić information content (AvgIpc) is 3.68. The number of aromatic nitrogens is 2. The third kappa shape index (κ3) is 8.51. The number of anilines is 1. The number of nitro groups is 1. The lowest BCUT2D eigenvalue weighted by Gasteiger charge is -2.47. The number of ether oxygens (including phenoxy) is 2. The summed E-state index contributed by atoms with van der Waals surface area (Å²) in [5, 5.41) is 13.5. The molecule has 0 radical (unpaired) electrons. The van der Waals surface area contributed by atoms with E-state index in [2.05, 4.69) is 36.6 Å². The van der Waals surface area contributed by atoms with Crippen molar-refractivity contribution >= 4 is 55.5 Å². The number of H-pyrrole nitrogens is 1. The number of aromatic amines is 1. The quantitative estimate of drug-likeness (QED) is 0.0868. The van der Waals surface area contributed by atoms with Crippen LogP contribution in [-0.4, -0.2) is 80.1 Å². The number of nitro benzene ring substituents is 1. The Labute approximate surface area is 353 Å². The molecule has 4 heterocycles. The Bertz CT molecular complexity index is 2580. The van der Waals surface area contributed by atoms with Crippen molar-refractivity contribution < 1.29 is 27.6 Å². The number of benzene rings is 3. The zero-order chi connectivity index (χ0) is 41.4. The van der Waals surface area contributed by atoms with E-state index in [4.69, 9.17) is 21.1 Å². The van der Waals surface area contributed by atoms with Crippen LogP contribution in [0.2, 0.25) is 5.02 Å². The molecule has 4 aliphatic rings. The van der Waals surface area contributed by atoms with Crippen LogP contribution in [0.5, 0.6) is 11.5 Å². The van der Waals surface area contributed by atoms with Gasteiger partial charge in [-0.3, -0.25) is 19.8 Å². The van der Waals surface area contributed by atoms with Crippen LogP contribution in [-0.2, 0) is 21.2 Å². The molecule has 3 aromatic carbocycles. The number of allylic oxidation sites excluding steroid dienone is 1. The standard InChI is InChI=1S/C45H47ClN6O7S/c46-35-7-4-31(5-8-35)40-25-45(14-1-15-45)16-12-34(40)27-50-18-20-51(21-19-50)36-9-11-39(42(23-36)59-37-22-33-13-17-47-43(33)48-26-37)44(53)49-60(56,57)38-10-6-32(41(24-38)52(54)55)3-2-30-28-58-29-30/h4-11,13,17,22-24,26,30H,1-3,12,14-16,18-21,25,27-29H2,(H,47,48)(H,49,53). The Balaban J connectivity index is 0.933. The third-order valence-corrected chi connectivity index (χ3v) is 14.4. The fourth-order valence-corrected chi connectivity index (χ4v) is 10.2. The molecular formula is C45H47ClN6O7S. The van der Waals surface area contributed by atoms with E-state index < -0.39 is 20.9 Å². The van der Waals surface area contributed by atoms with E-state index in [-0.39, 0.29) is 21.9 Å². The van der Waals surface area contributed by atoms with E-state index in [1.807, 2.05) is 18.2 Å². The minimum atomic E-state index is -4.52. The molecule has 15 heteroatoms. The summed E-state index contributed by atoms with van der Waals surface area (Å²) in [6, 6.07) is 20.8. The van der Waals surface area contributed by atoms with Crippen LogP contribution in [0.4, 0.5) is 11.4 Å². The van der Waals surface area contributed by atoms with Gasteiger partial charge in [-0.05, 0) is 104 Å². The van der Waals surface area contributed by atoms with Crippen LogP contribution >= 0.6 is 11.6 Å². The highest BCUT2D eigenvalue weighted by Crippen LogP contribution is 2.55. The van der Waals surface area contributed by atoms with Gasteiger partial charge in [-0.1, -0.05) is 41.8 Å². The minimum absolute atomic E-state index is 0.0211. The molecule has 1 spiro atoms. The maximum absolute atomic E-state index is 13.9. The van der Waals surface area contributed by atoms with Gasteiger partial charge in [-0.15, -0.1) is 0 Å². The zero-order valence-electron chi connectivity index (χ0n) is 33.2. The molecule has 2 saturated heterocycles. The highest BCUT2D eigenvalue weighted by Gasteiger charge is 2.41. The fraction of sp³-hybridized carbons (Fsp3) is 0.378. The lowest BCUT2D eigenvalue weighted by Crippen LogP contribution is -2.47. The van der Waals surface area contributed by atoms with E-state index in [1.165, 1.54) is 60.7 Å². The first kappa shape index (κ1) is 40.1. The summed E-state index contributed by atoms with van der Waals surface area (Å²) in [5.41, 5.74) is 6.31. The Kier molecular flexibility index (Phi) is 11.1. The summed E-state index contributed by atoms with van der Waals surface area (Å²) in [7, 11) is -4.52. The number of carbonyl (C=O) groups excluding carboxylic acids is 1. The van der Waals surface area contributed by atoms with Gasteiger partial charge in [0.25, 0.3) is 21.6 Å². The molecule has 0 bridgehead atoms. The van der Waals surface area contributed by atoms with Gasteiger partial charge in [0.2, 0.25) is 0 Å². The summed E-state index contributed by atoms with van der Waals surface area (Å²) in [6.07, 6.45) is 11.8. The molecule has 2 N–H and O–H groups in total. The molecule has 0 unspecified atom stereocenters. The van der Waals surface area contributed by atoms with Crippen LogP contribution in [0.15, 0.2) is 95.7 Å². The monoisotopic (exact) mass is 850 g/mol. The number of pyridine rings is 1. The van der Waals surface area contributed by atoms with Crippen LogP contribution in [0.3, 0.4) is 0 Å². The number of halogens is 1. The first-order valence-corrected chi connectivity index (χ1v) is 22.5. The highest BCUT2D eigenvalue weighted by atomic mass is 35.5. The van der Waals surface area contributed by atoms with E-state index >= 15 is 0 Å². The second-order valence-electron chi connectivity index (χ2n) is 16.7. The predicted molar refractivity (Wildman–Crippen MR) is 230 cm³/mol. The van der Waals surface area contributed by atoms with E-state index in [0.29, 0.717) is 54.3 Å². The number of amides is 1. The topological polar surface area (TPSA) is 160 Å². The largest absolute Gasteiger partial charge is 0.455 e. The molecule has 5 aromatic rings. The molecule has 2 aromatic heterocycles. The predicted octanol–water partition coefficient (Wildman–Crippen LogP) is 8.54. The third-order valence-electron chi connectivity index (χ3n) is 12.8. The summed E-state index contributed by atoms with van der Waals surface area (Å²) < 4.78 is 40.9. The van der Waals surface area contributed by atoms with Crippen LogP contribution in [0.1, 0.15) is 66.4 Å². The van der Waals surface area contributed by atoms with Gasteiger partial charge in [-0.25, -0.2) is 18.1 Å². The maximum atomic E-state index is 13.9. The number of aryl methyl sites for hydroxylation is 1. The number of hydrogen-bond donors (Lipinski definition) is 2. The molecular weight excluding hydrogens is 804 g/mol. The Morgan fingerprint density at radius 1 is 1.02 bits per heavy atom. The van der Waals surface area contributed by atoms with Gasteiger partial charge >= 0.3 is 0 Å². The normalized spacial score (nSPS) is 18.3.